The maximum Gasteiger partial charge on any atom is 0.334 e. The van der Waals surface area contributed by atoms with Crippen LogP contribution in [0.15, 0.2) is 15.6 Å². The standard InChI is InChI=1S/C12H16N2O7S/c1-7-8(5-10(21-7)22(18,19)13-2)11(15)14-3-4-20-9(6-14)12(16)17/h5,9,13H,3-4,6H2,1-2H3,(H,16,17)/t9-/m1/s1. The van der Waals surface area contributed by atoms with Gasteiger partial charge >= 0.3 is 5.97 Å². The minimum Gasteiger partial charge on any atom is -0.479 e. The highest BCUT2D eigenvalue weighted by Gasteiger charge is 2.32. The molecule has 1 amide bonds. The average Bonchev–Trinajstić information content (AvgIpc) is 2.89. The van der Waals surface area contributed by atoms with E-state index in [1.165, 1.54) is 18.9 Å². The van der Waals surface area contributed by atoms with E-state index < -0.39 is 28.0 Å². The van der Waals surface area contributed by atoms with Crippen molar-refractivity contribution in [2.24, 2.45) is 0 Å². The molecule has 1 aromatic heterocycles. The zero-order valence-corrected chi connectivity index (χ0v) is 12.8. The third-order valence-electron chi connectivity index (χ3n) is 3.29. The minimum atomic E-state index is -3.79. The van der Waals surface area contributed by atoms with Crippen LogP contribution in [0.1, 0.15) is 16.1 Å². The molecule has 1 fully saturated rings. The smallest absolute Gasteiger partial charge is 0.334 e. The Balaban J connectivity index is 2.25. The first-order chi connectivity index (χ1) is 10.3. The van der Waals surface area contributed by atoms with Gasteiger partial charge in [-0.2, -0.15) is 0 Å². The van der Waals surface area contributed by atoms with Gasteiger partial charge in [0.05, 0.1) is 18.7 Å². The molecule has 1 aliphatic heterocycles. The Morgan fingerprint density at radius 2 is 2.14 bits per heavy atom. The van der Waals surface area contributed by atoms with Crippen LogP contribution in [0.5, 0.6) is 0 Å². The quantitative estimate of drug-likeness (QED) is 0.755. The van der Waals surface area contributed by atoms with Crippen LogP contribution in [0.25, 0.3) is 0 Å². The molecule has 1 saturated heterocycles. The van der Waals surface area contributed by atoms with Gasteiger partial charge in [0.1, 0.15) is 5.76 Å². The summed E-state index contributed by atoms with van der Waals surface area (Å²) in [6.45, 7) is 1.69. The normalized spacial score (nSPS) is 19.2. The molecule has 22 heavy (non-hydrogen) atoms. The molecule has 2 N–H and O–H groups in total. The lowest BCUT2D eigenvalue weighted by Gasteiger charge is -2.30. The van der Waals surface area contributed by atoms with E-state index in [9.17, 15) is 18.0 Å². The van der Waals surface area contributed by atoms with Crippen molar-refractivity contribution in [1.82, 2.24) is 9.62 Å². The molecule has 1 aromatic rings. The largest absolute Gasteiger partial charge is 0.479 e. The summed E-state index contributed by atoms with van der Waals surface area (Å²) in [4.78, 5) is 24.7. The number of rotatable bonds is 4. The Morgan fingerprint density at radius 3 is 2.73 bits per heavy atom. The van der Waals surface area contributed by atoms with Crippen molar-refractivity contribution in [3.8, 4) is 0 Å². The van der Waals surface area contributed by atoms with Crippen LogP contribution >= 0.6 is 0 Å². The van der Waals surface area contributed by atoms with Gasteiger partial charge in [0.25, 0.3) is 15.9 Å². The summed E-state index contributed by atoms with van der Waals surface area (Å²) < 4.78 is 35.6. The SMILES string of the molecule is CNS(=O)(=O)c1cc(C(=O)N2CCO[C@@H](C(=O)O)C2)c(C)o1. The van der Waals surface area contributed by atoms with Crippen LogP contribution in [0, 0.1) is 6.92 Å². The second-order valence-corrected chi connectivity index (χ2v) is 6.51. The highest BCUT2D eigenvalue weighted by atomic mass is 32.2. The fourth-order valence-electron chi connectivity index (χ4n) is 2.05. The first-order valence-corrected chi connectivity index (χ1v) is 7.92. The number of carboxylic acid groups (broad SMARTS) is 1. The number of carbonyl (C=O) groups excluding carboxylic acids is 1. The van der Waals surface area contributed by atoms with Gasteiger partial charge in [-0.3, -0.25) is 4.79 Å². The van der Waals surface area contributed by atoms with Crippen LogP contribution in [-0.4, -0.2) is 63.1 Å². The van der Waals surface area contributed by atoms with Crippen LogP contribution < -0.4 is 4.72 Å². The summed E-state index contributed by atoms with van der Waals surface area (Å²) in [6, 6.07) is 1.13. The molecule has 9 nitrogen and oxygen atoms in total. The first-order valence-electron chi connectivity index (χ1n) is 6.44. The molecule has 0 aliphatic carbocycles. The number of morpholine rings is 1. The number of furan rings is 1. The van der Waals surface area contributed by atoms with E-state index in [4.69, 9.17) is 14.3 Å². The number of nitrogens with zero attached hydrogens (tertiary/aromatic N) is 1. The van der Waals surface area contributed by atoms with Gasteiger partial charge in [0.2, 0.25) is 5.09 Å². The number of hydrogen-bond acceptors (Lipinski definition) is 6. The van der Waals surface area contributed by atoms with Gasteiger partial charge in [-0.15, -0.1) is 0 Å². The number of aliphatic carboxylic acids is 1. The lowest BCUT2D eigenvalue weighted by Crippen LogP contribution is -2.48. The fourth-order valence-corrected chi connectivity index (χ4v) is 2.76. The van der Waals surface area contributed by atoms with Crippen molar-refractivity contribution in [3.63, 3.8) is 0 Å². The maximum absolute atomic E-state index is 12.4. The average molecular weight is 332 g/mol. The number of carboxylic acids is 1. The molecule has 0 radical (unpaired) electrons. The van der Waals surface area contributed by atoms with E-state index >= 15 is 0 Å². The van der Waals surface area contributed by atoms with Crippen molar-refractivity contribution in [3.05, 3.63) is 17.4 Å². The molecule has 1 atom stereocenters. The number of aryl methyl sites for hydroxylation is 1. The monoisotopic (exact) mass is 332 g/mol. The van der Waals surface area contributed by atoms with Gasteiger partial charge in [0.15, 0.2) is 6.10 Å². The molecule has 1 aliphatic rings. The van der Waals surface area contributed by atoms with E-state index in [1.54, 1.807) is 0 Å². The topological polar surface area (TPSA) is 126 Å². The number of sulfonamides is 1. The predicted octanol–water partition coefficient (Wildman–Crippen LogP) is -0.578. The summed E-state index contributed by atoms with van der Waals surface area (Å²) in [6.07, 6.45) is -1.09. The maximum atomic E-state index is 12.4. The molecule has 0 bridgehead atoms. The van der Waals surface area contributed by atoms with Crippen LogP contribution in [0.2, 0.25) is 0 Å². The highest BCUT2D eigenvalue weighted by Crippen LogP contribution is 2.21. The van der Waals surface area contributed by atoms with E-state index in [0.29, 0.717) is 0 Å². The number of ether oxygens (including phenoxy) is 1. The molecule has 0 saturated carbocycles. The van der Waals surface area contributed by atoms with Gasteiger partial charge in [0, 0.05) is 12.6 Å². The van der Waals surface area contributed by atoms with Gasteiger partial charge in [-0.05, 0) is 14.0 Å². The molecule has 0 aromatic carbocycles. The van der Waals surface area contributed by atoms with Crippen LogP contribution in [-0.2, 0) is 19.6 Å². The predicted molar refractivity (Wildman–Crippen MR) is 73.0 cm³/mol. The molecule has 0 unspecified atom stereocenters. The molecule has 122 valence electrons. The van der Waals surface area contributed by atoms with E-state index in [2.05, 4.69) is 4.72 Å². The zero-order chi connectivity index (χ0) is 16.5. The van der Waals surface area contributed by atoms with Gasteiger partial charge in [-0.25, -0.2) is 17.9 Å². The minimum absolute atomic E-state index is 0.0832. The molecule has 2 rings (SSSR count). The summed E-state index contributed by atoms with van der Waals surface area (Å²) in [5, 5.41) is 8.57. The molecule has 0 spiro atoms. The molecular formula is C12H16N2O7S. The Morgan fingerprint density at radius 1 is 1.45 bits per heavy atom. The Bertz CT molecular complexity index is 694. The van der Waals surface area contributed by atoms with Crippen molar-refractivity contribution in [1.29, 1.82) is 0 Å². The number of carbonyl (C=O) groups is 2. The lowest BCUT2D eigenvalue weighted by molar-refractivity contribution is -0.154. The van der Waals surface area contributed by atoms with Crippen LogP contribution in [0.3, 0.4) is 0 Å². The third kappa shape index (κ3) is 3.13. The second kappa shape index (κ2) is 6.07. The van der Waals surface area contributed by atoms with E-state index in [1.807, 2.05) is 0 Å². The Hall–Kier alpha value is -1.91. The van der Waals surface area contributed by atoms with Gasteiger partial charge in [-0.1, -0.05) is 0 Å². The molecular weight excluding hydrogens is 316 g/mol. The summed E-state index contributed by atoms with van der Waals surface area (Å²) in [7, 11) is -2.56. The van der Waals surface area contributed by atoms with E-state index in [0.717, 1.165) is 6.07 Å². The fraction of sp³-hybridized carbons (Fsp3) is 0.500. The van der Waals surface area contributed by atoms with Crippen molar-refractivity contribution in [2.45, 2.75) is 18.1 Å². The number of nitrogens with one attached hydrogen (secondary N) is 1. The van der Waals surface area contributed by atoms with Crippen molar-refractivity contribution in [2.75, 3.05) is 26.7 Å². The lowest BCUT2D eigenvalue weighted by atomic mass is 10.2. The highest BCUT2D eigenvalue weighted by molar-refractivity contribution is 7.89. The van der Waals surface area contributed by atoms with Crippen LogP contribution in [0.4, 0.5) is 0 Å². The van der Waals surface area contributed by atoms with Crippen molar-refractivity contribution < 1.29 is 32.3 Å². The Labute approximate surface area is 126 Å². The number of hydrogen-bond donors (Lipinski definition) is 2. The second-order valence-electron chi connectivity index (χ2n) is 4.69. The molecule has 10 heteroatoms. The summed E-state index contributed by atoms with van der Waals surface area (Å²) in [5.74, 6) is -1.49. The third-order valence-corrected chi connectivity index (χ3v) is 4.56. The first kappa shape index (κ1) is 16.5. The zero-order valence-electron chi connectivity index (χ0n) is 12.0. The summed E-state index contributed by atoms with van der Waals surface area (Å²) >= 11 is 0. The molecule has 2 heterocycles. The van der Waals surface area contributed by atoms with E-state index in [-0.39, 0.29) is 36.1 Å². The number of amides is 1. The Kier molecular flexibility index (Phi) is 4.54. The van der Waals surface area contributed by atoms with Crippen molar-refractivity contribution >= 4 is 21.9 Å². The van der Waals surface area contributed by atoms with Gasteiger partial charge < -0.3 is 19.2 Å². The summed E-state index contributed by atoms with van der Waals surface area (Å²) in [5.41, 5.74) is 0.0832.